The number of nitrogens with zero attached hydrogens (tertiary/aromatic N) is 1. The SMILES string of the molecule is CCN(CC(=O)NCc1ccc(F)cc1)C(=O)[C@@H]1CC=CCC1. The first-order valence-corrected chi connectivity index (χ1v) is 8.05. The van der Waals surface area contributed by atoms with Crippen molar-refractivity contribution >= 4 is 11.8 Å². The number of halogens is 1. The molecular formula is C18H23FN2O2. The van der Waals surface area contributed by atoms with Gasteiger partial charge in [-0.1, -0.05) is 24.3 Å². The Morgan fingerprint density at radius 2 is 2.00 bits per heavy atom. The summed E-state index contributed by atoms with van der Waals surface area (Å²) in [6.45, 7) is 2.79. The molecule has 0 aliphatic heterocycles. The molecule has 124 valence electrons. The van der Waals surface area contributed by atoms with E-state index in [0.29, 0.717) is 13.1 Å². The van der Waals surface area contributed by atoms with Gasteiger partial charge in [-0.15, -0.1) is 0 Å². The van der Waals surface area contributed by atoms with Crippen molar-refractivity contribution in [2.45, 2.75) is 32.7 Å². The van der Waals surface area contributed by atoms with Crippen LogP contribution in [0.3, 0.4) is 0 Å². The molecular weight excluding hydrogens is 295 g/mol. The minimum atomic E-state index is -0.302. The number of benzene rings is 1. The third kappa shape index (κ3) is 5.20. The maximum Gasteiger partial charge on any atom is 0.239 e. The Morgan fingerprint density at radius 1 is 1.26 bits per heavy atom. The molecule has 5 heteroatoms. The third-order valence-electron chi connectivity index (χ3n) is 4.05. The molecule has 1 aromatic rings. The van der Waals surface area contributed by atoms with Crippen LogP contribution in [0, 0.1) is 11.7 Å². The Kier molecular flexibility index (Phi) is 6.32. The van der Waals surface area contributed by atoms with Gasteiger partial charge in [0.05, 0.1) is 6.54 Å². The van der Waals surface area contributed by atoms with Crippen LogP contribution in [0.15, 0.2) is 36.4 Å². The molecule has 0 aromatic heterocycles. The van der Waals surface area contributed by atoms with Crippen LogP contribution in [-0.2, 0) is 16.1 Å². The van der Waals surface area contributed by atoms with Crippen LogP contribution in [0.25, 0.3) is 0 Å². The summed E-state index contributed by atoms with van der Waals surface area (Å²) in [4.78, 5) is 26.1. The van der Waals surface area contributed by atoms with E-state index in [2.05, 4.69) is 11.4 Å². The van der Waals surface area contributed by atoms with Gasteiger partial charge in [0.25, 0.3) is 0 Å². The lowest BCUT2D eigenvalue weighted by Crippen LogP contribution is -2.43. The van der Waals surface area contributed by atoms with Gasteiger partial charge in [0.15, 0.2) is 0 Å². The molecule has 0 fully saturated rings. The summed E-state index contributed by atoms with van der Waals surface area (Å²) in [6.07, 6.45) is 6.66. The topological polar surface area (TPSA) is 49.4 Å². The number of hydrogen-bond donors (Lipinski definition) is 1. The number of amides is 2. The highest BCUT2D eigenvalue weighted by Crippen LogP contribution is 2.20. The second kappa shape index (κ2) is 8.46. The van der Waals surface area contributed by atoms with Crippen LogP contribution in [0.4, 0.5) is 4.39 Å². The Labute approximate surface area is 136 Å². The van der Waals surface area contributed by atoms with Crippen molar-refractivity contribution in [3.8, 4) is 0 Å². The van der Waals surface area contributed by atoms with Gasteiger partial charge in [-0.25, -0.2) is 4.39 Å². The molecule has 0 unspecified atom stereocenters. The van der Waals surface area contributed by atoms with E-state index < -0.39 is 0 Å². The van der Waals surface area contributed by atoms with Gasteiger partial charge in [-0.2, -0.15) is 0 Å². The predicted molar refractivity (Wildman–Crippen MR) is 87.0 cm³/mol. The fraction of sp³-hybridized carbons (Fsp3) is 0.444. The Balaban J connectivity index is 1.83. The number of likely N-dealkylation sites (N-methyl/N-ethyl adjacent to an activating group) is 1. The molecule has 1 aliphatic carbocycles. The van der Waals surface area contributed by atoms with Gasteiger partial charge < -0.3 is 10.2 Å². The highest BCUT2D eigenvalue weighted by atomic mass is 19.1. The van der Waals surface area contributed by atoms with E-state index in [0.717, 1.165) is 24.8 Å². The third-order valence-corrected chi connectivity index (χ3v) is 4.05. The lowest BCUT2D eigenvalue weighted by molar-refractivity contribution is -0.139. The van der Waals surface area contributed by atoms with Crippen molar-refractivity contribution in [1.82, 2.24) is 10.2 Å². The van der Waals surface area contributed by atoms with Crippen molar-refractivity contribution in [1.29, 1.82) is 0 Å². The number of allylic oxidation sites excluding steroid dienone is 2. The highest BCUT2D eigenvalue weighted by molar-refractivity contribution is 5.86. The lowest BCUT2D eigenvalue weighted by atomic mass is 9.93. The van der Waals surface area contributed by atoms with Crippen LogP contribution < -0.4 is 5.32 Å². The van der Waals surface area contributed by atoms with Gasteiger partial charge >= 0.3 is 0 Å². The Morgan fingerprint density at radius 3 is 2.61 bits per heavy atom. The monoisotopic (exact) mass is 318 g/mol. The molecule has 0 saturated heterocycles. The molecule has 2 amide bonds. The maximum absolute atomic E-state index is 12.8. The fourth-order valence-corrected chi connectivity index (χ4v) is 2.65. The molecule has 0 bridgehead atoms. The molecule has 1 N–H and O–H groups in total. The van der Waals surface area contributed by atoms with E-state index in [1.54, 1.807) is 17.0 Å². The average Bonchev–Trinajstić information content (AvgIpc) is 2.59. The normalized spacial score (nSPS) is 16.9. The summed E-state index contributed by atoms with van der Waals surface area (Å²) in [5, 5.41) is 2.77. The molecule has 0 spiro atoms. The van der Waals surface area contributed by atoms with Crippen molar-refractivity contribution < 1.29 is 14.0 Å². The van der Waals surface area contributed by atoms with E-state index in [9.17, 15) is 14.0 Å². The summed E-state index contributed by atoms with van der Waals surface area (Å²) in [5.41, 5.74) is 0.826. The first-order valence-electron chi connectivity index (χ1n) is 8.05. The lowest BCUT2D eigenvalue weighted by Gasteiger charge is -2.26. The summed E-state index contributed by atoms with van der Waals surface area (Å²) < 4.78 is 12.8. The van der Waals surface area contributed by atoms with Crippen molar-refractivity contribution in [3.05, 3.63) is 47.8 Å². The molecule has 1 aliphatic rings. The van der Waals surface area contributed by atoms with E-state index in [4.69, 9.17) is 0 Å². The minimum absolute atomic E-state index is 0.00940. The van der Waals surface area contributed by atoms with E-state index in [1.165, 1.54) is 12.1 Å². The maximum atomic E-state index is 12.8. The molecule has 1 aromatic carbocycles. The molecule has 23 heavy (non-hydrogen) atoms. The Bertz CT molecular complexity index is 569. The second-order valence-corrected chi connectivity index (χ2v) is 5.74. The first kappa shape index (κ1) is 17.2. The number of carbonyl (C=O) groups is 2. The summed E-state index contributed by atoms with van der Waals surface area (Å²) in [7, 11) is 0. The largest absolute Gasteiger partial charge is 0.350 e. The smallest absolute Gasteiger partial charge is 0.239 e. The van der Waals surface area contributed by atoms with Gasteiger partial charge in [0.2, 0.25) is 11.8 Å². The standard InChI is InChI=1S/C18H23FN2O2/c1-2-21(18(23)15-6-4-3-5-7-15)13-17(22)20-12-14-8-10-16(19)11-9-14/h3-4,8-11,15H,2,5-7,12-13H2,1H3,(H,20,22)/t15-/m1/s1. The fourth-order valence-electron chi connectivity index (χ4n) is 2.65. The second-order valence-electron chi connectivity index (χ2n) is 5.74. The molecule has 0 radical (unpaired) electrons. The highest BCUT2D eigenvalue weighted by Gasteiger charge is 2.24. The van der Waals surface area contributed by atoms with Crippen LogP contribution in [-0.4, -0.2) is 29.8 Å². The van der Waals surface area contributed by atoms with E-state index in [1.807, 2.05) is 13.0 Å². The van der Waals surface area contributed by atoms with Gasteiger partial charge in [-0.05, 0) is 43.9 Å². The minimum Gasteiger partial charge on any atom is -0.350 e. The average molecular weight is 318 g/mol. The van der Waals surface area contributed by atoms with Crippen molar-refractivity contribution in [2.24, 2.45) is 5.92 Å². The summed E-state index contributed by atoms with van der Waals surface area (Å²) in [6, 6.07) is 5.99. The van der Waals surface area contributed by atoms with Gasteiger partial charge in [0, 0.05) is 19.0 Å². The number of nitrogens with one attached hydrogen (secondary N) is 1. The zero-order valence-corrected chi connectivity index (χ0v) is 13.4. The van der Waals surface area contributed by atoms with Crippen LogP contribution in [0.5, 0.6) is 0 Å². The number of carbonyl (C=O) groups excluding carboxylic acids is 2. The van der Waals surface area contributed by atoms with Crippen molar-refractivity contribution in [2.75, 3.05) is 13.1 Å². The van der Waals surface area contributed by atoms with Crippen molar-refractivity contribution in [3.63, 3.8) is 0 Å². The van der Waals surface area contributed by atoms with Gasteiger partial charge in [0.1, 0.15) is 5.82 Å². The first-order chi connectivity index (χ1) is 11.1. The summed E-state index contributed by atoms with van der Waals surface area (Å²) >= 11 is 0. The molecule has 2 rings (SSSR count). The van der Waals surface area contributed by atoms with Gasteiger partial charge in [-0.3, -0.25) is 9.59 Å². The van der Waals surface area contributed by atoms with Crippen LogP contribution >= 0.6 is 0 Å². The van der Waals surface area contributed by atoms with E-state index in [-0.39, 0.29) is 30.1 Å². The molecule has 0 saturated carbocycles. The van der Waals surface area contributed by atoms with Crippen LogP contribution in [0.2, 0.25) is 0 Å². The van der Waals surface area contributed by atoms with Crippen LogP contribution in [0.1, 0.15) is 31.7 Å². The molecule has 0 heterocycles. The Hall–Kier alpha value is -2.17. The number of rotatable bonds is 6. The zero-order chi connectivity index (χ0) is 16.7. The summed E-state index contributed by atoms with van der Waals surface area (Å²) in [5.74, 6) is -0.459. The predicted octanol–water partition coefficient (Wildman–Crippen LogP) is 2.65. The molecule has 4 nitrogen and oxygen atoms in total. The quantitative estimate of drug-likeness (QED) is 0.820. The van der Waals surface area contributed by atoms with E-state index >= 15 is 0 Å². The zero-order valence-electron chi connectivity index (χ0n) is 13.4. The molecule has 1 atom stereocenters. The number of hydrogen-bond acceptors (Lipinski definition) is 2.